The van der Waals surface area contributed by atoms with E-state index in [1.165, 1.54) is 13.0 Å². The minimum Gasteiger partial charge on any atom is -0.466 e. The molecule has 0 amide bonds. The maximum Gasteiger partial charge on any atom is 0.416 e. The fourth-order valence-electron chi connectivity index (χ4n) is 1.88. The standard InChI is InChI=1S/C14H10F4O2/c1-7-5-10(8(2)20-7)13(19)11-6-9(14(16,17)18)3-4-12(11)15/h3-6H,1-2H3. The summed E-state index contributed by atoms with van der Waals surface area (Å²) in [4.78, 5) is 12.1. The summed E-state index contributed by atoms with van der Waals surface area (Å²) in [6.45, 7) is 3.08. The highest BCUT2D eigenvalue weighted by Crippen LogP contribution is 2.31. The monoisotopic (exact) mass is 286 g/mol. The van der Waals surface area contributed by atoms with Gasteiger partial charge in [-0.05, 0) is 38.1 Å². The third-order valence-electron chi connectivity index (χ3n) is 2.82. The second kappa shape index (κ2) is 4.77. The van der Waals surface area contributed by atoms with Gasteiger partial charge in [-0.25, -0.2) is 4.39 Å². The van der Waals surface area contributed by atoms with Crippen molar-refractivity contribution in [2.45, 2.75) is 20.0 Å². The van der Waals surface area contributed by atoms with Gasteiger partial charge in [-0.15, -0.1) is 0 Å². The first kappa shape index (κ1) is 14.3. The molecule has 1 aromatic heterocycles. The third kappa shape index (κ3) is 2.59. The van der Waals surface area contributed by atoms with Gasteiger partial charge in [0.1, 0.15) is 17.3 Å². The smallest absolute Gasteiger partial charge is 0.416 e. The summed E-state index contributed by atoms with van der Waals surface area (Å²) in [5.74, 6) is -1.16. The van der Waals surface area contributed by atoms with Crippen LogP contribution in [0.5, 0.6) is 0 Å². The van der Waals surface area contributed by atoms with Crippen LogP contribution in [0.4, 0.5) is 17.6 Å². The maximum atomic E-state index is 13.6. The normalized spacial score (nSPS) is 11.7. The lowest BCUT2D eigenvalue weighted by atomic mass is 10.0. The molecule has 1 aromatic carbocycles. The lowest BCUT2D eigenvalue weighted by Crippen LogP contribution is -2.10. The number of aryl methyl sites for hydroxylation is 2. The topological polar surface area (TPSA) is 30.2 Å². The van der Waals surface area contributed by atoms with Gasteiger partial charge in [0.2, 0.25) is 0 Å². The SMILES string of the molecule is Cc1cc(C(=O)c2cc(C(F)(F)F)ccc2F)c(C)o1. The molecule has 20 heavy (non-hydrogen) atoms. The Morgan fingerprint density at radius 2 is 1.75 bits per heavy atom. The quantitative estimate of drug-likeness (QED) is 0.609. The molecule has 2 nitrogen and oxygen atoms in total. The molecule has 6 heteroatoms. The van der Waals surface area contributed by atoms with Crippen LogP contribution in [-0.2, 0) is 6.18 Å². The molecular formula is C14H10F4O2. The zero-order chi connectivity index (χ0) is 15.1. The summed E-state index contributed by atoms with van der Waals surface area (Å²) in [5.41, 5.74) is -1.63. The maximum absolute atomic E-state index is 13.6. The van der Waals surface area contributed by atoms with Gasteiger partial charge in [0, 0.05) is 0 Å². The number of alkyl halides is 3. The molecule has 0 saturated heterocycles. The Bertz CT molecular complexity index is 668. The Labute approximate surface area is 112 Å². The molecule has 0 saturated carbocycles. The Morgan fingerprint density at radius 3 is 2.25 bits per heavy atom. The van der Waals surface area contributed by atoms with E-state index in [1.807, 2.05) is 0 Å². The van der Waals surface area contributed by atoms with E-state index in [4.69, 9.17) is 4.42 Å². The largest absolute Gasteiger partial charge is 0.466 e. The fourth-order valence-corrected chi connectivity index (χ4v) is 1.88. The summed E-state index contributed by atoms with van der Waals surface area (Å²) in [6, 6.07) is 3.12. The van der Waals surface area contributed by atoms with Crippen molar-refractivity contribution in [3.05, 3.63) is 58.3 Å². The first-order valence-electron chi connectivity index (χ1n) is 5.68. The minimum atomic E-state index is -4.63. The second-order valence-electron chi connectivity index (χ2n) is 4.35. The average Bonchev–Trinajstić information content (AvgIpc) is 2.66. The Kier molecular flexibility index (Phi) is 3.41. The van der Waals surface area contributed by atoms with Gasteiger partial charge in [0.15, 0.2) is 5.78 Å². The number of rotatable bonds is 2. The molecule has 0 fully saturated rings. The van der Waals surface area contributed by atoms with Crippen LogP contribution >= 0.6 is 0 Å². The summed E-state index contributed by atoms with van der Waals surface area (Å²) in [6.07, 6.45) is -4.63. The van der Waals surface area contributed by atoms with Crippen LogP contribution in [0.3, 0.4) is 0 Å². The molecule has 0 bridgehead atoms. The van der Waals surface area contributed by atoms with Crippen LogP contribution < -0.4 is 0 Å². The second-order valence-corrected chi connectivity index (χ2v) is 4.35. The lowest BCUT2D eigenvalue weighted by molar-refractivity contribution is -0.137. The molecule has 2 aromatic rings. The van der Waals surface area contributed by atoms with Gasteiger partial charge >= 0.3 is 6.18 Å². The third-order valence-corrected chi connectivity index (χ3v) is 2.82. The highest BCUT2D eigenvalue weighted by molar-refractivity contribution is 6.10. The van der Waals surface area contributed by atoms with Crippen LogP contribution in [0.25, 0.3) is 0 Å². The van der Waals surface area contributed by atoms with E-state index in [9.17, 15) is 22.4 Å². The predicted molar refractivity (Wildman–Crippen MR) is 63.0 cm³/mol. The van der Waals surface area contributed by atoms with E-state index >= 15 is 0 Å². The predicted octanol–water partition coefficient (Wildman–Crippen LogP) is 4.29. The lowest BCUT2D eigenvalue weighted by Gasteiger charge is -2.09. The Hall–Kier alpha value is -2.11. The van der Waals surface area contributed by atoms with Crippen molar-refractivity contribution in [3.8, 4) is 0 Å². The molecule has 0 radical (unpaired) electrons. The molecule has 0 N–H and O–H groups in total. The summed E-state index contributed by atoms with van der Waals surface area (Å²) >= 11 is 0. The Balaban J connectivity index is 2.52. The van der Waals surface area contributed by atoms with Gasteiger partial charge in [-0.1, -0.05) is 0 Å². The molecule has 0 aliphatic carbocycles. The van der Waals surface area contributed by atoms with Crippen LogP contribution in [0.1, 0.15) is 33.0 Å². The summed E-state index contributed by atoms with van der Waals surface area (Å²) in [7, 11) is 0. The van der Waals surface area contributed by atoms with Crippen molar-refractivity contribution in [2.75, 3.05) is 0 Å². The van der Waals surface area contributed by atoms with E-state index in [-0.39, 0.29) is 11.3 Å². The van der Waals surface area contributed by atoms with E-state index in [0.29, 0.717) is 24.0 Å². The van der Waals surface area contributed by atoms with Gasteiger partial charge in [0.25, 0.3) is 0 Å². The van der Waals surface area contributed by atoms with E-state index in [1.54, 1.807) is 6.92 Å². The first-order valence-corrected chi connectivity index (χ1v) is 5.68. The van der Waals surface area contributed by atoms with Gasteiger partial charge in [-0.2, -0.15) is 13.2 Å². The van der Waals surface area contributed by atoms with Crippen molar-refractivity contribution in [3.63, 3.8) is 0 Å². The van der Waals surface area contributed by atoms with Gasteiger partial charge < -0.3 is 4.42 Å². The molecule has 0 aliphatic heterocycles. The number of carbonyl (C=O) groups excluding carboxylic acids is 1. The van der Waals surface area contributed by atoms with Crippen molar-refractivity contribution in [1.82, 2.24) is 0 Å². The molecule has 2 rings (SSSR count). The number of halogens is 4. The molecule has 0 atom stereocenters. The fraction of sp³-hybridized carbons (Fsp3) is 0.214. The molecule has 1 heterocycles. The molecule has 0 aliphatic rings. The van der Waals surface area contributed by atoms with E-state index in [0.717, 1.165) is 0 Å². The van der Waals surface area contributed by atoms with Crippen molar-refractivity contribution < 1.29 is 26.8 Å². The van der Waals surface area contributed by atoms with Crippen LogP contribution in [-0.4, -0.2) is 5.78 Å². The van der Waals surface area contributed by atoms with Crippen LogP contribution in [0.2, 0.25) is 0 Å². The van der Waals surface area contributed by atoms with Gasteiger partial charge in [-0.3, -0.25) is 4.79 Å². The summed E-state index contributed by atoms with van der Waals surface area (Å²) in [5, 5.41) is 0. The number of carbonyl (C=O) groups is 1. The molecule has 106 valence electrons. The average molecular weight is 286 g/mol. The number of ketones is 1. The number of furan rings is 1. The van der Waals surface area contributed by atoms with Crippen molar-refractivity contribution in [1.29, 1.82) is 0 Å². The van der Waals surface area contributed by atoms with Gasteiger partial charge in [0.05, 0.1) is 16.7 Å². The molecular weight excluding hydrogens is 276 g/mol. The Morgan fingerprint density at radius 1 is 1.10 bits per heavy atom. The van der Waals surface area contributed by atoms with Crippen LogP contribution in [0, 0.1) is 19.7 Å². The molecule has 0 unspecified atom stereocenters. The number of benzene rings is 1. The van der Waals surface area contributed by atoms with E-state index in [2.05, 4.69) is 0 Å². The molecule has 0 spiro atoms. The zero-order valence-electron chi connectivity index (χ0n) is 10.6. The van der Waals surface area contributed by atoms with Crippen molar-refractivity contribution in [2.24, 2.45) is 0 Å². The highest BCUT2D eigenvalue weighted by Gasteiger charge is 2.32. The number of hydrogen-bond donors (Lipinski definition) is 0. The number of hydrogen-bond acceptors (Lipinski definition) is 2. The highest BCUT2D eigenvalue weighted by atomic mass is 19.4. The zero-order valence-corrected chi connectivity index (χ0v) is 10.6. The van der Waals surface area contributed by atoms with Crippen molar-refractivity contribution >= 4 is 5.78 Å². The van der Waals surface area contributed by atoms with Crippen LogP contribution in [0.15, 0.2) is 28.7 Å². The first-order chi connectivity index (χ1) is 9.20. The minimum absolute atomic E-state index is 0.0562. The van der Waals surface area contributed by atoms with E-state index < -0.39 is 28.9 Å². The summed E-state index contributed by atoms with van der Waals surface area (Å²) < 4.78 is 56.5.